The molecule has 2 aromatic heterocycles. The van der Waals surface area contributed by atoms with Gasteiger partial charge in [0.1, 0.15) is 41.6 Å². The Morgan fingerprint density at radius 2 is 1.96 bits per heavy atom. The Morgan fingerprint density at radius 3 is 2.57 bits per heavy atom. The summed E-state index contributed by atoms with van der Waals surface area (Å²) in [5.41, 5.74) is 1.60. The number of nitrogens with one attached hydrogen (secondary N) is 1. The van der Waals surface area contributed by atoms with Crippen LogP contribution in [0, 0.1) is 11.8 Å². The highest BCUT2D eigenvalue weighted by atomic mass is 32.2. The number of aliphatic imine (C=N–C) groups is 1. The first-order valence-corrected chi connectivity index (χ1v) is 15.3. The summed E-state index contributed by atoms with van der Waals surface area (Å²) in [6, 6.07) is 3.55. The number of benzene rings is 1. The first kappa shape index (κ1) is 35.6. The van der Waals surface area contributed by atoms with Gasteiger partial charge in [-0.2, -0.15) is 13.2 Å². The van der Waals surface area contributed by atoms with E-state index in [1.807, 2.05) is 0 Å². The Kier molecular flexibility index (Phi) is 12.2. The molecule has 3 atom stereocenters. The zero-order valence-electron chi connectivity index (χ0n) is 26.3. The van der Waals surface area contributed by atoms with Gasteiger partial charge in [0.25, 0.3) is 0 Å². The van der Waals surface area contributed by atoms with Gasteiger partial charge in [0.05, 0.1) is 63.8 Å². The number of aliphatic hydroxyl groups is 1. The zero-order valence-corrected chi connectivity index (χ0v) is 27.1. The molecule has 1 saturated heterocycles. The van der Waals surface area contributed by atoms with Crippen LogP contribution in [-0.4, -0.2) is 110 Å². The fourth-order valence-electron chi connectivity index (χ4n) is 4.73. The van der Waals surface area contributed by atoms with Gasteiger partial charge in [-0.05, 0) is 0 Å². The lowest BCUT2D eigenvalue weighted by molar-refractivity contribution is -0.173. The third-order valence-electron chi connectivity index (χ3n) is 6.92. The van der Waals surface area contributed by atoms with Crippen LogP contribution in [0.3, 0.4) is 0 Å². The van der Waals surface area contributed by atoms with Crippen LogP contribution in [0.2, 0.25) is 0 Å². The van der Waals surface area contributed by atoms with E-state index < -0.39 is 37.1 Å². The Morgan fingerprint density at radius 1 is 1.23 bits per heavy atom. The van der Waals surface area contributed by atoms with Crippen LogP contribution in [0.1, 0.15) is 23.8 Å². The average molecular weight is 681 g/mol. The van der Waals surface area contributed by atoms with Crippen molar-refractivity contribution in [3.8, 4) is 29.1 Å². The summed E-state index contributed by atoms with van der Waals surface area (Å²) < 4.78 is 68.1. The van der Waals surface area contributed by atoms with Crippen LogP contribution >= 0.6 is 11.8 Å². The average Bonchev–Trinajstić information content (AvgIpc) is 3.64. The highest BCUT2D eigenvalue weighted by Gasteiger charge is 2.39. The molecule has 4 rings (SSSR count). The SMILES string of the molecule is COc1cc(OC)c(CSCOC2C[C@H](n3cc(C#CCNC(=O)C(F)(F)F)c4c(/N=C/N(C)C)ncnc43)O[C@@H]2CO)c(OC)c1. The molecule has 1 unspecified atom stereocenters. The number of methoxy groups -OCH3 is 3. The van der Waals surface area contributed by atoms with Crippen molar-refractivity contribution >= 4 is 40.9 Å². The van der Waals surface area contributed by atoms with Gasteiger partial charge in [0.2, 0.25) is 0 Å². The number of alkyl halides is 3. The number of thioether (sulfide) groups is 1. The van der Waals surface area contributed by atoms with Gasteiger partial charge in [0, 0.05) is 50.2 Å². The van der Waals surface area contributed by atoms with Crippen molar-refractivity contribution in [2.75, 3.05) is 54.5 Å². The second kappa shape index (κ2) is 16.0. The van der Waals surface area contributed by atoms with Gasteiger partial charge >= 0.3 is 12.1 Å². The number of carbonyl (C=O) groups excluding carboxylic acids is 1. The maximum absolute atomic E-state index is 12.6. The van der Waals surface area contributed by atoms with Gasteiger partial charge in [-0.15, -0.1) is 11.8 Å². The number of nitrogens with zero attached hydrogens (tertiary/aromatic N) is 5. The molecule has 1 aromatic carbocycles. The first-order chi connectivity index (χ1) is 22.5. The number of carbonyl (C=O) groups is 1. The number of aromatic nitrogens is 3. The Hall–Kier alpha value is -4.24. The van der Waals surface area contributed by atoms with E-state index in [0.29, 0.717) is 46.0 Å². The number of aliphatic hydroxyl groups excluding tert-OH is 1. The summed E-state index contributed by atoms with van der Waals surface area (Å²) in [6.45, 7) is -0.840. The van der Waals surface area contributed by atoms with E-state index in [1.165, 1.54) is 24.4 Å². The zero-order chi connectivity index (χ0) is 34.1. The Balaban J connectivity index is 1.53. The fourth-order valence-corrected chi connectivity index (χ4v) is 5.57. The molecule has 13 nitrogen and oxygen atoms in total. The minimum Gasteiger partial charge on any atom is -0.496 e. The topological polar surface area (TPSA) is 142 Å². The number of halogens is 3. The molecule has 3 aromatic rings. The van der Waals surface area contributed by atoms with Crippen LogP contribution in [0.25, 0.3) is 11.0 Å². The minimum atomic E-state index is -5.02. The van der Waals surface area contributed by atoms with Crippen molar-refractivity contribution in [2.24, 2.45) is 4.99 Å². The predicted molar refractivity (Wildman–Crippen MR) is 168 cm³/mol. The van der Waals surface area contributed by atoms with E-state index in [4.69, 9.17) is 23.7 Å². The van der Waals surface area contributed by atoms with Crippen LogP contribution in [-0.2, 0) is 20.0 Å². The maximum Gasteiger partial charge on any atom is 0.471 e. The molecule has 3 heterocycles. The molecule has 0 radical (unpaired) electrons. The van der Waals surface area contributed by atoms with Crippen molar-refractivity contribution in [3.05, 3.63) is 35.8 Å². The van der Waals surface area contributed by atoms with E-state index in [9.17, 15) is 23.1 Å². The van der Waals surface area contributed by atoms with Crippen molar-refractivity contribution in [1.29, 1.82) is 0 Å². The molecule has 1 aliphatic heterocycles. The third-order valence-corrected chi connectivity index (χ3v) is 7.71. The quantitative estimate of drug-likeness (QED) is 0.0904. The standard InChI is InChI=1S/C30H35F3N6O7S/c1-38(2)16-37-27-26-18(7-6-8-34-29(41)30(31,32)33)12-39(28(26)36-15-35-27)25-11-23(24(13-40)46-25)45-17-47-14-20-21(43-4)9-19(42-3)10-22(20)44-5/h9-10,12,15-16,23-25,40H,8,11,13-14,17H2,1-5H3,(H,34,41)/b37-16+/t23?,24-,25-/m1/s1. The molecule has 2 N–H and O–H groups in total. The molecule has 1 fully saturated rings. The molecule has 47 heavy (non-hydrogen) atoms. The van der Waals surface area contributed by atoms with E-state index in [-0.39, 0.29) is 18.4 Å². The molecule has 17 heteroatoms. The van der Waals surface area contributed by atoms with Gasteiger partial charge in [-0.3, -0.25) is 4.79 Å². The molecule has 0 aliphatic carbocycles. The van der Waals surface area contributed by atoms with E-state index in [1.54, 1.807) is 68.5 Å². The van der Waals surface area contributed by atoms with Gasteiger partial charge in [-0.25, -0.2) is 15.0 Å². The van der Waals surface area contributed by atoms with Crippen LogP contribution in [0.4, 0.5) is 19.0 Å². The van der Waals surface area contributed by atoms with Crippen molar-refractivity contribution < 1.29 is 46.8 Å². The summed E-state index contributed by atoms with van der Waals surface area (Å²) in [6.07, 6.45) is -1.94. The van der Waals surface area contributed by atoms with Crippen molar-refractivity contribution in [2.45, 2.75) is 36.8 Å². The lowest BCUT2D eigenvalue weighted by Crippen LogP contribution is -2.36. The summed E-state index contributed by atoms with van der Waals surface area (Å²) in [7, 11) is 8.25. The molecular formula is C30H35F3N6O7S. The Labute approximate surface area is 273 Å². The van der Waals surface area contributed by atoms with Gasteiger partial charge in [0.15, 0.2) is 5.82 Å². The first-order valence-electron chi connectivity index (χ1n) is 14.1. The largest absolute Gasteiger partial charge is 0.496 e. The third kappa shape index (κ3) is 8.77. The second-order valence-corrected chi connectivity index (χ2v) is 11.2. The fraction of sp³-hybridized carbons (Fsp3) is 0.467. The summed E-state index contributed by atoms with van der Waals surface area (Å²) >= 11 is 1.48. The minimum absolute atomic E-state index is 0.272. The normalized spacial score (nSPS) is 17.9. The highest BCUT2D eigenvalue weighted by molar-refractivity contribution is 7.98. The Bertz CT molecular complexity index is 1610. The number of rotatable bonds is 13. The van der Waals surface area contributed by atoms with E-state index >= 15 is 0 Å². The van der Waals surface area contributed by atoms with Crippen LogP contribution < -0.4 is 19.5 Å². The second-order valence-electron chi connectivity index (χ2n) is 10.3. The number of fused-ring (bicyclic) bond motifs is 1. The van der Waals surface area contributed by atoms with Crippen LogP contribution in [0.15, 0.2) is 29.6 Å². The molecule has 0 bridgehead atoms. The molecule has 1 aliphatic rings. The monoisotopic (exact) mass is 680 g/mol. The van der Waals surface area contributed by atoms with Crippen LogP contribution in [0.5, 0.6) is 17.2 Å². The number of hydrogen-bond acceptors (Lipinski definition) is 11. The smallest absolute Gasteiger partial charge is 0.471 e. The highest BCUT2D eigenvalue weighted by Crippen LogP contribution is 2.39. The van der Waals surface area contributed by atoms with E-state index in [2.05, 4.69) is 26.8 Å². The number of hydrogen-bond donors (Lipinski definition) is 2. The van der Waals surface area contributed by atoms with Gasteiger partial charge < -0.3 is 43.6 Å². The molecule has 0 saturated carbocycles. The summed E-state index contributed by atoms with van der Waals surface area (Å²) in [5, 5.41) is 12.3. The molecule has 1 amide bonds. The molecular weight excluding hydrogens is 645 g/mol. The number of amides is 1. The molecule has 0 spiro atoms. The number of ether oxygens (including phenoxy) is 5. The van der Waals surface area contributed by atoms with E-state index in [0.717, 1.165) is 5.56 Å². The maximum atomic E-state index is 12.6. The van der Waals surface area contributed by atoms with Gasteiger partial charge in [-0.1, -0.05) is 11.8 Å². The summed E-state index contributed by atoms with van der Waals surface area (Å²) in [5.74, 6) is 6.14. The predicted octanol–water partition coefficient (Wildman–Crippen LogP) is 3.26. The summed E-state index contributed by atoms with van der Waals surface area (Å²) in [4.78, 5) is 26.0. The van der Waals surface area contributed by atoms with Crippen molar-refractivity contribution in [1.82, 2.24) is 24.8 Å². The lowest BCUT2D eigenvalue weighted by atomic mass is 10.2. The van der Waals surface area contributed by atoms with Crippen molar-refractivity contribution in [3.63, 3.8) is 0 Å². The lowest BCUT2D eigenvalue weighted by Gasteiger charge is -2.17. The molecule has 254 valence electrons.